The average molecular weight is 350 g/mol. The second-order valence-electron chi connectivity index (χ2n) is 9.24. The molecule has 0 aromatic heterocycles. The lowest BCUT2D eigenvalue weighted by Gasteiger charge is -2.49. The molecule has 4 fully saturated rings. The minimum absolute atomic E-state index is 0.129. The highest BCUT2D eigenvalue weighted by molar-refractivity contribution is 4.95. The molecule has 3 saturated carbocycles. The third-order valence-corrected chi connectivity index (χ3v) is 7.53. The molecule has 0 spiro atoms. The van der Waals surface area contributed by atoms with Crippen molar-refractivity contribution in [3.8, 4) is 0 Å². The SMILES string of the molecule is OC1CCCCC1C1NC(C2CCCCC2)NC(C2CCCCC2)N1. The lowest BCUT2D eigenvalue weighted by atomic mass is 9.80. The average Bonchev–Trinajstić information content (AvgIpc) is 2.69. The van der Waals surface area contributed by atoms with Crippen LogP contribution in [-0.4, -0.2) is 29.7 Å². The molecule has 4 heteroatoms. The van der Waals surface area contributed by atoms with Crippen LogP contribution in [0, 0.1) is 17.8 Å². The van der Waals surface area contributed by atoms with E-state index in [9.17, 15) is 5.11 Å². The van der Waals surface area contributed by atoms with Crippen LogP contribution < -0.4 is 16.0 Å². The number of hydrogen-bond donors (Lipinski definition) is 4. The van der Waals surface area contributed by atoms with Crippen molar-refractivity contribution < 1.29 is 5.11 Å². The van der Waals surface area contributed by atoms with Crippen molar-refractivity contribution >= 4 is 0 Å². The maximum atomic E-state index is 10.6. The van der Waals surface area contributed by atoms with Crippen LogP contribution in [-0.2, 0) is 0 Å². The summed E-state index contributed by atoms with van der Waals surface area (Å²) in [7, 11) is 0. The highest BCUT2D eigenvalue weighted by Crippen LogP contribution is 2.33. The van der Waals surface area contributed by atoms with E-state index in [-0.39, 0.29) is 12.3 Å². The summed E-state index contributed by atoms with van der Waals surface area (Å²) in [6.45, 7) is 0. The zero-order valence-corrected chi connectivity index (χ0v) is 15.9. The van der Waals surface area contributed by atoms with Gasteiger partial charge in [0.2, 0.25) is 0 Å². The summed E-state index contributed by atoms with van der Waals surface area (Å²) in [4.78, 5) is 0. The molecule has 4 atom stereocenters. The van der Waals surface area contributed by atoms with Gasteiger partial charge in [-0.25, -0.2) is 0 Å². The summed E-state index contributed by atoms with van der Waals surface area (Å²) >= 11 is 0. The molecular weight excluding hydrogens is 310 g/mol. The molecule has 4 N–H and O–H groups in total. The summed E-state index contributed by atoms with van der Waals surface area (Å²) in [5, 5.41) is 22.4. The second-order valence-corrected chi connectivity index (χ2v) is 9.24. The van der Waals surface area contributed by atoms with Gasteiger partial charge >= 0.3 is 0 Å². The van der Waals surface area contributed by atoms with Crippen LogP contribution in [0.5, 0.6) is 0 Å². The Labute approximate surface area is 153 Å². The Kier molecular flexibility index (Phi) is 6.33. The summed E-state index contributed by atoms with van der Waals surface area (Å²) in [6.07, 6.45) is 19.5. The van der Waals surface area contributed by atoms with Crippen LogP contribution in [0.25, 0.3) is 0 Å². The minimum Gasteiger partial charge on any atom is -0.393 e. The van der Waals surface area contributed by atoms with Gasteiger partial charge in [0.1, 0.15) is 0 Å². The predicted octanol–water partition coefficient (Wildman–Crippen LogP) is 3.46. The van der Waals surface area contributed by atoms with Crippen LogP contribution in [0.1, 0.15) is 89.9 Å². The lowest BCUT2D eigenvalue weighted by Crippen LogP contribution is -2.73. The first-order chi connectivity index (χ1) is 12.3. The molecule has 1 aliphatic heterocycles. The molecule has 3 aliphatic carbocycles. The molecular formula is C21H39N3O. The normalized spacial score (nSPS) is 42.4. The van der Waals surface area contributed by atoms with E-state index in [2.05, 4.69) is 16.0 Å². The Morgan fingerprint density at radius 2 is 0.920 bits per heavy atom. The van der Waals surface area contributed by atoms with E-state index < -0.39 is 0 Å². The number of rotatable bonds is 3. The smallest absolute Gasteiger partial charge is 0.0649 e. The van der Waals surface area contributed by atoms with Gasteiger partial charge < -0.3 is 5.11 Å². The van der Waals surface area contributed by atoms with Gasteiger partial charge in [0.15, 0.2) is 0 Å². The quantitative estimate of drug-likeness (QED) is 0.630. The Bertz CT molecular complexity index is 380. The van der Waals surface area contributed by atoms with Crippen LogP contribution >= 0.6 is 0 Å². The van der Waals surface area contributed by atoms with Gasteiger partial charge in [0.25, 0.3) is 0 Å². The second kappa shape index (κ2) is 8.69. The first-order valence-electron chi connectivity index (χ1n) is 11.3. The zero-order chi connectivity index (χ0) is 17.1. The van der Waals surface area contributed by atoms with Crippen molar-refractivity contribution in [3.63, 3.8) is 0 Å². The summed E-state index contributed by atoms with van der Waals surface area (Å²) in [6, 6.07) is 0. The molecule has 25 heavy (non-hydrogen) atoms. The van der Waals surface area contributed by atoms with Crippen molar-refractivity contribution in [2.75, 3.05) is 0 Å². The standard InChI is InChI=1S/C21H39N3O/c25-18-14-8-7-13-17(18)21-23-19(15-9-3-1-4-10-15)22-20(24-21)16-11-5-2-6-12-16/h15-25H,1-14H2. The summed E-state index contributed by atoms with van der Waals surface area (Å²) in [5.74, 6) is 1.92. The first-order valence-corrected chi connectivity index (χ1v) is 11.3. The fourth-order valence-electron chi connectivity index (χ4n) is 5.98. The first kappa shape index (κ1) is 18.2. The largest absolute Gasteiger partial charge is 0.393 e. The van der Waals surface area contributed by atoms with Gasteiger partial charge in [0, 0.05) is 5.92 Å². The molecule has 0 aromatic carbocycles. The molecule has 0 radical (unpaired) electrons. The van der Waals surface area contributed by atoms with Gasteiger partial charge in [-0.15, -0.1) is 0 Å². The molecule has 4 aliphatic rings. The molecule has 4 unspecified atom stereocenters. The molecule has 4 nitrogen and oxygen atoms in total. The van der Waals surface area contributed by atoms with Gasteiger partial charge in [0.05, 0.1) is 24.6 Å². The van der Waals surface area contributed by atoms with E-state index in [0.717, 1.165) is 18.3 Å². The van der Waals surface area contributed by atoms with E-state index in [1.165, 1.54) is 83.5 Å². The van der Waals surface area contributed by atoms with Crippen LogP contribution in [0.2, 0.25) is 0 Å². The Morgan fingerprint density at radius 1 is 0.480 bits per heavy atom. The van der Waals surface area contributed by atoms with E-state index in [0.29, 0.717) is 18.2 Å². The Hall–Kier alpha value is -0.160. The zero-order valence-electron chi connectivity index (χ0n) is 15.9. The van der Waals surface area contributed by atoms with Crippen molar-refractivity contribution in [2.45, 2.75) is 114 Å². The van der Waals surface area contributed by atoms with E-state index in [1.807, 2.05) is 0 Å². The minimum atomic E-state index is -0.129. The number of aliphatic hydroxyl groups excluding tert-OH is 1. The van der Waals surface area contributed by atoms with Gasteiger partial charge in [-0.2, -0.15) is 0 Å². The van der Waals surface area contributed by atoms with Crippen LogP contribution in [0.3, 0.4) is 0 Å². The number of hydrogen-bond acceptors (Lipinski definition) is 4. The number of aliphatic hydroxyl groups is 1. The van der Waals surface area contributed by atoms with Gasteiger partial charge in [-0.1, -0.05) is 51.4 Å². The van der Waals surface area contributed by atoms with Crippen molar-refractivity contribution in [2.24, 2.45) is 17.8 Å². The monoisotopic (exact) mass is 349 g/mol. The van der Waals surface area contributed by atoms with Gasteiger partial charge in [-0.05, 0) is 50.4 Å². The molecule has 0 bridgehead atoms. The van der Waals surface area contributed by atoms with Crippen molar-refractivity contribution in [1.82, 2.24) is 16.0 Å². The van der Waals surface area contributed by atoms with Crippen LogP contribution in [0.4, 0.5) is 0 Å². The fraction of sp³-hybridized carbons (Fsp3) is 1.00. The molecule has 144 valence electrons. The predicted molar refractivity (Wildman–Crippen MR) is 102 cm³/mol. The highest BCUT2D eigenvalue weighted by atomic mass is 16.3. The Morgan fingerprint density at radius 3 is 1.44 bits per heavy atom. The third kappa shape index (κ3) is 4.40. The highest BCUT2D eigenvalue weighted by Gasteiger charge is 2.40. The molecule has 1 heterocycles. The summed E-state index contributed by atoms with van der Waals surface area (Å²) < 4.78 is 0. The van der Waals surface area contributed by atoms with E-state index >= 15 is 0 Å². The summed E-state index contributed by atoms with van der Waals surface area (Å²) in [5.41, 5.74) is 0. The molecule has 0 amide bonds. The maximum Gasteiger partial charge on any atom is 0.0649 e. The molecule has 1 saturated heterocycles. The fourth-order valence-corrected chi connectivity index (χ4v) is 5.98. The van der Waals surface area contributed by atoms with E-state index in [4.69, 9.17) is 0 Å². The molecule has 4 rings (SSSR count). The third-order valence-electron chi connectivity index (χ3n) is 7.53. The van der Waals surface area contributed by atoms with Crippen molar-refractivity contribution in [3.05, 3.63) is 0 Å². The lowest BCUT2D eigenvalue weighted by molar-refractivity contribution is -0.000680. The number of nitrogens with one attached hydrogen (secondary N) is 3. The van der Waals surface area contributed by atoms with E-state index in [1.54, 1.807) is 0 Å². The maximum absolute atomic E-state index is 10.6. The Balaban J connectivity index is 1.47. The van der Waals surface area contributed by atoms with Crippen molar-refractivity contribution in [1.29, 1.82) is 0 Å². The van der Waals surface area contributed by atoms with Crippen LogP contribution in [0.15, 0.2) is 0 Å². The molecule has 0 aromatic rings. The topological polar surface area (TPSA) is 56.3 Å². The van der Waals surface area contributed by atoms with Gasteiger partial charge in [-0.3, -0.25) is 16.0 Å².